The van der Waals surface area contributed by atoms with E-state index in [9.17, 15) is 4.79 Å². The Bertz CT molecular complexity index is 865. The average molecular weight is 451 g/mol. The molecule has 3 rings (SSSR count). The highest BCUT2D eigenvalue weighted by Gasteiger charge is 2.28. The summed E-state index contributed by atoms with van der Waals surface area (Å²) in [5.41, 5.74) is -0.553. The Morgan fingerprint density at radius 1 is 1.23 bits per heavy atom. The van der Waals surface area contributed by atoms with Crippen molar-refractivity contribution >= 4 is 22.6 Å². The molecule has 1 atom stereocenters. The van der Waals surface area contributed by atoms with Gasteiger partial charge in [0.25, 0.3) is 0 Å². The lowest BCUT2D eigenvalue weighted by Gasteiger charge is -2.34. The van der Waals surface area contributed by atoms with Crippen molar-refractivity contribution in [3.8, 4) is 0 Å². The third-order valence-corrected chi connectivity index (χ3v) is 5.62. The molecule has 1 saturated heterocycles. The van der Waals surface area contributed by atoms with Crippen molar-refractivity contribution in [2.45, 2.75) is 84.7 Å². The van der Waals surface area contributed by atoms with E-state index in [-0.39, 0.29) is 17.6 Å². The summed E-state index contributed by atoms with van der Waals surface area (Å²) in [7, 11) is 0. The van der Waals surface area contributed by atoms with Crippen molar-refractivity contribution in [3.05, 3.63) is 28.9 Å². The van der Waals surface area contributed by atoms with Gasteiger partial charge in [-0.15, -0.1) is 0 Å². The van der Waals surface area contributed by atoms with Gasteiger partial charge in [0.1, 0.15) is 18.0 Å². The van der Waals surface area contributed by atoms with E-state index in [2.05, 4.69) is 36.1 Å². The number of thiazole rings is 1. The van der Waals surface area contributed by atoms with Crippen LogP contribution in [0.25, 0.3) is 0 Å². The fourth-order valence-corrected chi connectivity index (χ4v) is 3.99. The highest BCUT2D eigenvalue weighted by Crippen LogP contribution is 2.25. The Hall–Kier alpha value is -2.13. The molecule has 3 heterocycles. The van der Waals surface area contributed by atoms with Crippen LogP contribution in [0.4, 0.5) is 9.93 Å². The number of nitrogens with one attached hydrogen (secondary N) is 1. The lowest BCUT2D eigenvalue weighted by Crippen LogP contribution is -2.46. The lowest BCUT2D eigenvalue weighted by molar-refractivity contribution is 0.0206. The molecule has 0 bridgehead atoms. The van der Waals surface area contributed by atoms with Crippen molar-refractivity contribution in [3.63, 3.8) is 0 Å². The molecule has 2 aromatic rings. The van der Waals surface area contributed by atoms with E-state index >= 15 is 0 Å². The third kappa shape index (κ3) is 7.21. The number of likely N-dealkylation sites (tertiary alicyclic amines) is 1. The van der Waals surface area contributed by atoms with Crippen molar-refractivity contribution in [2.75, 3.05) is 18.4 Å². The number of nitrogens with zero attached hydrogens (tertiary/aromatic N) is 3. The Morgan fingerprint density at radius 2 is 2.00 bits per heavy atom. The van der Waals surface area contributed by atoms with E-state index in [1.54, 1.807) is 22.4 Å². The van der Waals surface area contributed by atoms with Gasteiger partial charge in [-0.05, 0) is 33.6 Å². The molecule has 1 aliphatic rings. The summed E-state index contributed by atoms with van der Waals surface area (Å²) >= 11 is 1.56. The molecule has 9 heteroatoms. The summed E-state index contributed by atoms with van der Waals surface area (Å²) in [6.07, 6.45) is 5.25. The molecular weight excluding hydrogens is 416 g/mol. The molecule has 2 aromatic heterocycles. The first-order valence-electron chi connectivity index (χ1n) is 10.7. The molecule has 0 saturated carbocycles. The van der Waals surface area contributed by atoms with Crippen LogP contribution in [-0.4, -0.2) is 45.7 Å². The van der Waals surface area contributed by atoms with Crippen molar-refractivity contribution in [1.29, 1.82) is 0 Å². The standard InChI is InChI=1S/C22H34N4O4S/c1-21(2,3)17-11-23-18(29-17)14-28-13-16-10-24-19(31-16)25-15-8-7-9-26(12-15)20(27)30-22(4,5)6/h10-11,15H,7-9,12-14H2,1-6H3,(H,24,25)/t15-/m1/s1. The van der Waals surface area contributed by atoms with Crippen LogP contribution < -0.4 is 5.32 Å². The van der Waals surface area contributed by atoms with Crippen LogP contribution in [-0.2, 0) is 28.1 Å². The van der Waals surface area contributed by atoms with Crippen LogP contribution in [0.2, 0.25) is 0 Å². The molecule has 172 valence electrons. The van der Waals surface area contributed by atoms with Gasteiger partial charge in [0, 0.05) is 30.7 Å². The maximum atomic E-state index is 12.3. The van der Waals surface area contributed by atoms with Crippen LogP contribution in [0.3, 0.4) is 0 Å². The monoisotopic (exact) mass is 450 g/mol. The van der Waals surface area contributed by atoms with Gasteiger partial charge in [-0.2, -0.15) is 0 Å². The van der Waals surface area contributed by atoms with Gasteiger partial charge < -0.3 is 24.1 Å². The predicted molar refractivity (Wildman–Crippen MR) is 120 cm³/mol. The first-order valence-corrected chi connectivity index (χ1v) is 11.5. The Morgan fingerprint density at radius 3 is 2.68 bits per heavy atom. The first kappa shape index (κ1) is 23.5. The summed E-state index contributed by atoms with van der Waals surface area (Å²) in [5, 5.41) is 4.28. The number of anilines is 1. The zero-order chi connectivity index (χ0) is 22.6. The van der Waals surface area contributed by atoms with Gasteiger partial charge in [0.2, 0.25) is 5.89 Å². The van der Waals surface area contributed by atoms with Crippen LogP contribution in [0.5, 0.6) is 0 Å². The topological polar surface area (TPSA) is 89.7 Å². The number of carbonyl (C=O) groups is 1. The maximum Gasteiger partial charge on any atom is 0.410 e. The molecule has 1 fully saturated rings. The average Bonchev–Trinajstić information content (AvgIpc) is 3.30. The second kappa shape index (κ2) is 9.56. The number of aromatic nitrogens is 2. The molecule has 0 radical (unpaired) electrons. The minimum atomic E-state index is -0.485. The second-order valence-corrected chi connectivity index (χ2v) is 11.0. The highest BCUT2D eigenvalue weighted by atomic mass is 32.1. The van der Waals surface area contributed by atoms with Gasteiger partial charge in [-0.3, -0.25) is 0 Å². The summed E-state index contributed by atoms with van der Waals surface area (Å²) < 4.78 is 17.0. The Kier molecular flexibility index (Phi) is 7.26. The van der Waals surface area contributed by atoms with Crippen LogP contribution in [0, 0.1) is 0 Å². The number of rotatable bonds is 6. The lowest BCUT2D eigenvalue weighted by atomic mass is 9.94. The van der Waals surface area contributed by atoms with E-state index in [1.165, 1.54) is 0 Å². The fourth-order valence-electron chi connectivity index (χ4n) is 3.17. The molecule has 0 unspecified atom stereocenters. The third-order valence-electron chi connectivity index (χ3n) is 4.72. The number of piperidine rings is 1. The molecule has 0 aliphatic carbocycles. The highest BCUT2D eigenvalue weighted by molar-refractivity contribution is 7.15. The predicted octanol–water partition coefficient (Wildman–Crippen LogP) is 4.96. The zero-order valence-electron chi connectivity index (χ0n) is 19.4. The van der Waals surface area contributed by atoms with E-state index in [0.717, 1.165) is 35.2 Å². The van der Waals surface area contributed by atoms with E-state index in [0.29, 0.717) is 25.6 Å². The molecule has 31 heavy (non-hydrogen) atoms. The van der Waals surface area contributed by atoms with Gasteiger partial charge in [0.15, 0.2) is 5.13 Å². The van der Waals surface area contributed by atoms with Crippen molar-refractivity contribution in [1.82, 2.24) is 14.9 Å². The zero-order valence-corrected chi connectivity index (χ0v) is 20.2. The summed E-state index contributed by atoms with van der Waals surface area (Å²) in [6, 6.07) is 0.157. The number of carbonyl (C=O) groups excluding carboxylic acids is 1. The van der Waals surface area contributed by atoms with Gasteiger partial charge >= 0.3 is 6.09 Å². The smallest absolute Gasteiger partial charge is 0.410 e. The number of amides is 1. The summed E-state index contributed by atoms with van der Waals surface area (Å²) in [4.78, 5) is 23.9. The SMILES string of the molecule is CC(C)(C)OC(=O)N1CCC[C@@H](Nc2ncc(COCc3ncc(C(C)(C)C)o3)s2)C1. The first-order chi connectivity index (χ1) is 14.5. The normalized spacial score (nSPS) is 17.6. The van der Waals surface area contributed by atoms with Crippen molar-refractivity contribution < 1.29 is 18.7 Å². The maximum absolute atomic E-state index is 12.3. The minimum Gasteiger partial charge on any atom is -0.444 e. The van der Waals surface area contributed by atoms with Gasteiger partial charge in [-0.25, -0.2) is 14.8 Å². The molecule has 1 N–H and O–H groups in total. The minimum absolute atomic E-state index is 0.0678. The molecule has 0 aromatic carbocycles. The van der Waals surface area contributed by atoms with Gasteiger partial charge in [-0.1, -0.05) is 32.1 Å². The molecule has 1 aliphatic heterocycles. The number of hydrogen-bond acceptors (Lipinski definition) is 8. The van der Waals surface area contributed by atoms with Crippen LogP contribution in [0.15, 0.2) is 16.8 Å². The summed E-state index contributed by atoms with van der Waals surface area (Å²) in [5.74, 6) is 1.43. The molecule has 0 spiro atoms. The largest absolute Gasteiger partial charge is 0.444 e. The van der Waals surface area contributed by atoms with Crippen LogP contribution in [0.1, 0.15) is 70.9 Å². The Labute approximate surface area is 188 Å². The van der Waals surface area contributed by atoms with E-state index < -0.39 is 5.60 Å². The molecular formula is C22H34N4O4S. The summed E-state index contributed by atoms with van der Waals surface area (Å²) in [6.45, 7) is 14.0. The van der Waals surface area contributed by atoms with E-state index in [4.69, 9.17) is 13.9 Å². The van der Waals surface area contributed by atoms with Crippen LogP contribution >= 0.6 is 11.3 Å². The molecule has 8 nitrogen and oxygen atoms in total. The molecule has 1 amide bonds. The van der Waals surface area contributed by atoms with E-state index in [1.807, 2.05) is 27.0 Å². The number of hydrogen-bond donors (Lipinski definition) is 1. The fraction of sp³-hybridized carbons (Fsp3) is 0.682. The quantitative estimate of drug-likeness (QED) is 0.665. The number of ether oxygens (including phenoxy) is 2. The van der Waals surface area contributed by atoms with Gasteiger partial charge in [0.05, 0.1) is 17.7 Å². The Balaban J connectivity index is 1.45. The van der Waals surface area contributed by atoms with Crippen molar-refractivity contribution in [2.24, 2.45) is 0 Å². The number of oxazole rings is 1. The second-order valence-electron chi connectivity index (χ2n) is 9.90.